The summed E-state index contributed by atoms with van der Waals surface area (Å²) < 4.78 is 17.9. The fraction of sp³-hybridized carbons (Fsp3) is 0.833. The maximum atomic E-state index is 11.4. The fourth-order valence-corrected chi connectivity index (χ4v) is 10.2. The van der Waals surface area contributed by atoms with E-state index >= 15 is 0 Å². The van der Waals surface area contributed by atoms with Gasteiger partial charge in [-0.3, -0.25) is 0 Å². The first-order valence-corrected chi connectivity index (χ1v) is 18.4. The SMILES string of the molecule is C=CC(=O)OC1CCCC(CC[SiH2]C(O[Si](C)(C)C)O[Si](C)(C)C)C1O. The summed E-state index contributed by atoms with van der Waals surface area (Å²) in [7, 11) is -3.84. The van der Waals surface area contributed by atoms with Crippen molar-refractivity contribution in [2.45, 2.75) is 89.1 Å². The molecule has 5 nitrogen and oxygen atoms in total. The van der Waals surface area contributed by atoms with Gasteiger partial charge < -0.3 is 18.7 Å². The molecule has 1 fully saturated rings. The summed E-state index contributed by atoms with van der Waals surface area (Å²) in [5, 5.41) is 10.6. The van der Waals surface area contributed by atoms with Crippen LogP contribution in [-0.2, 0) is 18.4 Å². The van der Waals surface area contributed by atoms with Gasteiger partial charge in [0.25, 0.3) is 0 Å². The molecule has 26 heavy (non-hydrogen) atoms. The summed E-state index contributed by atoms with van der Waals surface area (Å²) in [6.45, 7) is 16.6. The second-order valence-electron chi connectivity index (χ2n) is 9.18. The van der Waals surface area contributed by atoms with E-state index in [-0.39, 0.29) is 11.8 Å². The summed E-state index contributed by atoms with van der Waals surface area (Å²) in [6, 6.07) is 1.07. The van der Waals surface area contributed by atoms with Crippen LogP contribution in [0, 0.1) is 5.92 Å². The van der Waals surface area contributed by atoms with Crippen molar-refractivity contribution in [1.82, 2.24) is 0 Å². The molecule has 0 heterocycles. The molecule has 0 aromatic rings. The fourth-order valence-electron chi connectivity index (χ4n) is 3.34. The third kappa shape index (κ3) is 9.61. The zero-order valence-corrected chi connectivity index (χ0v) is 20.8. The lowest BCUT2D eigenvalue weighted by atomic mass is 9.83. The minimum absolute atomic E-state index is 0.0107. The quantitative estimate of drug-likeness (QED) is 0.255. The summed E-state index contributed by atoms with van der Waals surface area (Å²) in [5.74, 6) is -0.266. The Balaban J connectivity index is 2.53. The van der Waals surface area contributed by atoms with Crippen LogP contribution in [0.5, 0.6) is 0 Å². The lowest BCUT2D eigenvalue weighted by molar-refractivity contribution is -0.154. The topological polar surface area (TPSA) is 65.0 Å². The summed E-state index contributed by atoms with van der Waals surface area (Å²) in [5.41, 5.74) is 0. The van der Waals surface area contributed by atoms with Crippen LogP contribution in [0.25, 0.3) is 0 Å². The van der Waals surface area contributed by atoms with Gasteiger partial charge in [0.05, 0.1) is 15.6 Å². The Labute approximate surface area is 163 Å². The summed E-state index contributed by atoms with van der Waals surface area (Å²) in [6.07, 6.45) is 3.86. The first kappa shape index (κ1) is 23.8. The van der Waals surface area contributed by atoms with Gasteiger partial charge in [-0.05, 0) is 64.5 Å². The van der Waals surface area contributed by atoms with E-state index < -0.39 is 44.3 Å². The van der Waals surface area contributed by atoms with Gasteiger partial charge in [0, 0.05) is 6.08 Å². The molecule has 0 aliphatic heterocycles. The molecule has 1 aliphatic rings. The highest BCUT2D eigenvalue weighted by Gasteiger charge is 2.34. The van der Waals surface area contributed by atoms with E-state index in [1.165, 1.54) is 0 Å². The molecule has 0 bridgehead atoms. The standard InChI is InChI=1S/C18H38O5Si3/c1-8-16(19)21-15-11-9-10-14(17(15)20)12-13-24-18(22-25(2,3)4)23-26(5,6)7/h8,14-15,17-18,20H,1,9-13,24H2,2-7H3. The van der Waals surface area contributed by atoms with Gasteiger partial charge in [0.15, 0.2) is 16.6 Å². The van der Waals surface area contributed by atoms with Crippen molar-refractivity contribution in [3.05, 3.63) is 12.7 Å². The second-order valence-corrected chi connectivity index (χ2v) is 20.1. The Bertz CT molecular complexity index is 443. The second kappa shape index (κ2) is 10.3. The number of carbonyl (C=O) groups is 1. The Kier molecular flexibility index (Phi) is 9.45. The smallest absolute Gasteiger partial charge is 0.330 e. The molecule has 152 valence electrons. The zero-order chi connectivity index (χ0) is 20.0. The Morgan fingerprint density at radius 3 is 2.27 bits per heavy atom. The molecular weight excluding hydrogens is 380 g/mol. The number of ether oxygens (including phenoxy) is 1. The van der Waals surface area contributed by atoms with Crippen LogP contribution < -0.4 is 0 Å². The molecule has 0 radical (unpaired) electrons. The Morgan fingerprint density at radius 1 is 1.19 bits per heavy atom. The van der Waals surface area contributed by atoms with Crippen LogP contribution in [0.1, 0.15) is 25.7 Å². The van der Waals surface area contributed by atoms with Crippen LogP contribution >= 0.6 is 0 Å². The van der Waals surface area contributed by atoms with E-state index in [0.29, 0.717) is 0 Å². The molecule has 3 unspecified atom stereocenters. The van der Waals surface area contributed by atoms with Crippen LogP contribution in [0.15, 0.2) is 12.7 Å². The number of hydrogen-bond donors (Lipinski definition) is 1. The molecule has 0 spiro atoms. The van der Waals surface area contributed by atoms with Crippen LogP contribution in [0.3, 0.4) is 0 Å². The van der Waals surface area contributed by atoms with Crippen molar-refractivity contribution in [3.8, 4) is 0 Å². The monoisotopic (exact) mass is 418 g/mol. The molecule has 0 amide bonds. The molecule has 1 N–H and O–H groups in total. The zero-order valence-electron chi connectivity index (χ0n) is 17.4. The highest BCUT2D eigenvalue weighted by Crippen LogP contribution is 2.30. The number of carbonyl (C=O) groups excluding carboxylic acids is 1. The number of aliphatic hydroxyl groups is 1. The average Bonchev–Trinajstić information content (AvgIpc) is 2.47. The lowest BCUT2D eigenvalue weighted by Gasteiger charge is -2.35. The van der Waals surface area contributed by atoms with Crippen molar-refractivity contribution in [2.75, 3.05) is 0 Å². The number of aliphatic hydroxyl groups excluding tert-OH is 1. The minimum Gasteiger partial charge on any atom is -0.456 e. The number of rotatable bonds is 10. The molecule has 1 saturated carbocycles. The Hall–Kier alpha value is -0.259. The van der Waals surface area contributed by atoms with E-state index in [1.54, 1.807) is 0 Å². The van der Waals surface area contributed by atoms with Crippen molar-refractivity contribution in [3.63, 3.8) is 0 Å². The van der Waals surface area contributed by atoms with Crippen molar-refractivity contribution < 1.29 is 23.5 Å². The van der Waals surface area contributed by atoms with Gasteiger partial charge in [-0.1, -0.05) is 19.0 Å². The first-order valence-electron chi connectivity index (χ1n) is 9.78. The normalized spacial score (nSPS) is 25.0. The van der Waals surface area contributed by atoms with Crippen molar-refractivity contribution in [1.29, 1.82) is 0 Å². The highest BCUT2D eigenvalue weighted by molar-refractivity contribution is 6.71. The predicted molar refractivity (Wildman–Crippen MR) is 114 cm³/mol. The van der Waals surface area contributed by atoms with Crippen molar-refractivity contribution >= 4 is 32.1 Å². The molecule has 3 atom stereocenters. The number of hydrogen-bond acceptors (Lipinski definition) is 5. The van der Waals surface area contributed by atoms with E-state index in [2.05, 4.69) is 45.9 Å². The van der Waals surface area contributed by atoms with Gasteiger partial charge in [0.2, 0.25) is 0 Å². The van der Waals surface area contributed by atoms with Gasteiger partial charge in [-0.25, -0.2) is 4.79 Å². The molecule has 0 aromatic carbocycles. The van der Waals surface area contributed by atoms with Crippen LogP contribution in [0.4, 0.5) is 0 Å². The maximum Gasteiger partial charge on any atom is 0.330 e. The summed E-state index contributed by atoms with van der Waals surface area (Å²) in [4.78, 5) is 11.4. The van der Waals surface area contributed by atoms with Gasteiger partial charge in [-0.2, -0.15) is 0 Å². The molecular formula is C18H38O5Si3. The number of esters is 1. The predicted octanol–water partition coefficient (Wildman–Crippen LogP) is 3.21. The van der Waals surface area contributed by atoms with Gasteiger partial charge in [-0.15, -0.1) is 0 Å². The largest absolute Gasteiger partial charge is 0.456 e. The first-order chi connectivity index (χ1) is 11.9. The van der Waals surface area contributed by atoms with E-state index in [9.17, 15) is 9.90 Å². The third-order valence-electron chi connectivity index (χ3n) is 4.35. The molecule has 8 heteroatoms. The third-order valence-corrected chi connectivity index (χ3v) is 8.57. The lowest BCUT2D eigenvalue weighted by Crippen LogP contribution is -2.43. The minimum atomic E-state index is -1.64. The molecule has 0 aromatic heterocycles. The molecule has 1 aliphatic carbocycles. The summed E-state index contributed by atoms with van der Waals surface area (Å²) >= 11 is 0. The van der Waals surface area contributed by atoms with E-state index in [0.717, 1.165) is 37.8 Å². The maximum absolute atomic E-state index is 11.4. The average molecular weight is 419 g/mol. The molecule has 1 rings (SSSR count). The van der Waals surface area contributed by atoms with E-state index in [1.807, 2.05) is 0 Å². The van der Waals surface area contributed by atoms with E-state index in [4.69, 9.17) is 13.6 Å². The Morgan fingerprint density at radius 2 is 1.77 bits per heavy atom. The van der Waals surface area contributed by atoms with Crippen LogP contribution in [0.2, 0.25) is 45.3 Å². The van der Waals surface area contributed by atoms with Gasteiger partial charge >= 0.3 is 5.97 Å². The van der Waals surface area contributed by atoms with Crippen molar-refractivity contribution in [2.24, 2.45) is 5.92 Å². The van der Waals surface area contributed by atoms with Gasteiger partial charge in [0.1, 0.15) is 12.0 Å². The highest BCUT2D eigenvalue weighted by atomic mass is 28.4. The van der Waals surface area contributed by atoms with Crippen LogP contribution in [-0.4, -0.2) is 55.4 Å². The molecule has 0 saturated heterocycles.